The molecule has 0 atom stereocenters. The third kappa shape index (κ3) is 3.26. The van der Waals surface area contributed by atoms with E-state index in [1.54, 1.807) is 26.0 Å². The average molecular weight is 366 g/mol. The number of aryl methyl sites for hydroxylation is 1. The van der Waals surface area contributed by atoms with E-state index in [-0.39, 0.29) is 20.8 Å². The van der Waals surface area contributed by atoms with Crippen molar-refractivity contribution < 1.29 is 8.42 Å². The lowest BCUT2D eigenvalue weighted by Crippen LogP contribution is -2.16. The number of pyridine rings is 1. The van der Waals surface area contributed by atoms with E-state index in [2.05, 4.69) is 9.71 Å². The Kier molecular flexibility index (Phi) is 4.68. The van der Waals surface area contributed by atoms with E-state index in [0.717, 1.165) is 0 Å². The van der Waals surface area contributed by atoms with Gasteiger partial charge in [0, 0.05) is 11.2 Å². The Balaban J connectivity index is 2.58. The van der Waals surface area contributed by atoms with Crippen molar-refractivity contribution in [1.29, 1.82) is 0 Å². The fourth-order valence-corrected chi connectivity index (χ4v) is 4.30. The molecule has 8 heteroatoms. The molecule has 1 aromatic carbocycles. The van der Waals surface area contributed by atoms with E-state index in [1.807, 2.05) is 0 Å². The minimum atomic E-state index is -3.93. The van der Waals surface area contributed by atoms with Gasteiger partial charge in [0.25, 0.3) is 10.0 Å². The Morgan fingerprint density at radius 1 is 1.19 bits per heavy atom. The topological polar surface area (TPSA) is 59.1 Å². The molecule has 112 valence electrons. The molecule has 1 N–H and O–H groups in total. The average Bonchev–Trinajstić information content (AvgIpc) is 2.39. The minimum Gasteiger partial charge on any atom is -0.276 e. The summed E-state index contributed by atoms with van der Waals surface area (Å²) in [6.07, 6.45) is 1.46. The molecule has 2 rings (SSSR count). The fraction of sp³-hybridized carbons (Fsp3) is 0.154. The zero-order valence-corrected chi connectivity index (χ0v) is 14.2. The lowest BCUT2D eigenvalue weighted by molar-refractivity contribution is 0.600. The summed E-state index contributed by atoms with van der Waals surface area (Å²) < 4.78 is 27.5. The van der Waals surface area contributed by atoms with Gasteiger partial charge in [-0.2, -0.15) is 0 Å². The monoisotopic (exact) mass is 364 g/mol. The highest BCUT2D eigenvalue weighted by molar-refractivity contribution is 7.93. The summed E-state index contributed by atoms with van der Waals surface area (Å²) in [7, 11) is -3.93. The Bertz CT molecular complexity index is 781. The van der Waals surface area contributed by atoms with Crippen molar-refractivity contribution in [2.45, 2.75) is 18.7 Å². The molecule has 0 amide bonds. The number of hydrogen-bond acceptors (Lipinski definition) is 3. The van der Waals surface area contributed by atoms with E-state index in [0.29, 0.717) is 16.1 Å². The summed E-state index contributed by atoms with van der Waals surface area (Å²) in [6.45, 7) is 3.27. The SMILES string of the molecule is Cc1cc(Cl)c(C)c(S(=O)(=O)Nc2cccnc2Cl)c1Cl. The molecule has 0 fully saturated rings. The molecule has 0 radical (unpaired) electrons. The molecule has 1 aromatic heterocycles. The first-order chi connectivity index (χ1) is 9.74. The van der Waals surface area contributed by atoms with Crippen LogP contribution in [0, 0.1) is 13.8 Å². The zero-order valence-electron chi connectivity index (χ0n) is 11.1. The highest BCUT2D eigenvalue weighted by atomic mass is 35.5. The van der Waals surface area contributed by atoms with Crippen LogP contribution in [0.2, 0.25) is 15.2 Å². The van der Waals surface area contributed by atoms with E-state index in [4.69, 9.17) is 34.8 Å². The molecule has 2 aromatic rings. The summed E-state index contributed by atoms with van der Waals surface area (Å²) in [5.74, 6) is 0. The van der Waals surface area contributed by atoms with Crippen molar-refractivity contribution in [2.75, 3.05) is 4.72 Å². The van der Waals surface area contributed by atoms with Crippen LogP contribution in [-0.2, 0) is 10.0 Å². The molecule has 4 nitrogen and oxygen atoms in total. The minimum absolute atomic E-state index is 0.0496. The van der Waals surface area contributed by atoms with Crippen molar-refractivity contribution in [2.24, 2.45) is 0 Å². The number of benzene rings is 1. The standard InChI is InChI=1S/C13H11Cl3N2O2S/c1-7-6-9(14)8(2)12(11(7)15)21(19,20)18-10-4-3-5-17-13(10)16/h3-6,18H,1-2H3. The van der Waals surface area contributed by atoms with Crippen LogP contribution in [0.25, 0.3) is 0 Å². The molecule has 21 heavy (non-hydrogen) atoms. The normalized spacial score (nSPS) is 11.5. The van der Waals surface area contributed by atoms with Gasteiger partial charge in [0.1, 0.15) is 4.90 Å². The van der Waals surface area contributed by atoms with Crippen molar-refractivity contribution in [1.82, 2.24) is 4.98 Å². The molecular formula is C13H11Cl3N2O2S. The summed E-state index contributed by atoms with van der Waals surface area (Å²) in [5, 5.41) is 0.507. The lowest BCUT2D eigenvalue weighted by atomic mass is 10.2. The molecule has 0 spiro atoms. The molecule has 0 bridgehead atoms. The summed E-state index contributed by atoms with van der Waals surface area (Å²) in [4.78, 5) is 3.76. The van der Waals surface area contributed by atoms with E-state index in [1.165, 1.54) is 12.3 Å². The lowest BCUT2D eigenvalue weighted by Gasteiger charge is -2.15. The molecule has 0 aliphatic rings. The van der Waals surface area contributed by atoms with Crippen molar-refractivity contribution >= 4 is 50.5 Å². The largest absolute Gasteiger partial charge is 0.276 e. The van der Waals surface area contributed by atoms with Crippen LogP contribution in [0.4, 0.5) is 5.69 Å². The maximum absolute atomic E-state index is 12.6. The summed E-state index contributed by atoms with van der Waals surface area (Å²) in [6, 6.07) is 4.70. The van der Waals surface area contributed by atoms with Crippen LogP contribution >= 0.6 is 34.8 Å². The number of halogens is 3. The number of nitrogens with one attached hydrogen (secondary N) is 1. The number of rotatable bonds is 3. The first kappa shape index (κ1) is 16.4. The number of anilines is 1. The van der Waals surface area contributed by atoms with E-state index < -0.39 is 10.0 Å². The smallest absolute Gasteiger partial charge is 0.263 e. The molecule has 0 aliphatic heterocycles. The first-order valence-corrected chi connectivity index (χ1v) is 8.44. The number of aromatic nitrogens is 1. The molecule has 0 saturated carbocycles. The van der Waals surface area contributed by atoms with Gasteiger partial charge < -0.3 is 0 Å². The second-order valence-electron chi connectivity index (χ2n) is 4.39. The maximum atomic E-state index is 12.6. The molecule has 0 aliphatic carbocycles. The third-order valence-corrected chi connectivity index (χ3v) is 5.69. The Hall–Kier alpha value is -1.01. The second kappa shape index (κ2) is 6.01. The molecule has 0 saturated heterocycles. The first-order valence-electron chi connectivity index (χ1n) is 5.82. The van der Waals surface area contributed by atoms with Crippen molar-refractivity contribution in [3.05, 3.63) is 50.7 Å². The predicted molar refractivity (Wildman–Crippen MR) is 86.0 cm³/mol. The van der Waals surface area contributed by atoms with Gasteiger partial charge in [-0.05, 0) is 43.2 Å². The van der Waals surface area contributed by atoms with Crippen LogP contribution in [0.3, 0.4) is 0 Å². The van der Waals surface area contributed by atoms with Crippen LogP contribution in [0.15, 0.2) is 29.3 Å². The Labute approximate surface area is 138 Å². The van der Waals surface area contributed by atoms with Gasteiger partial charge in [-0.25, -0.2) is 13.4 Å². The molecular weight excluding hydrogens is 355 g/mol. The Morgan fingerprint density at radius 2 is 1.86 bits per heavy atom. The van der Waals surface area contributed by atoms with Gasteiger partial charge in [-0.1, -0.05) is 34.8 Å². The van der Waals surface area contributed by atoms with Gasteiger partial charge in [-0.15, -0.1) is 0 Å². The highest BCUT2D eigenvalue weighted by Gasteiger charge is 2.24. The molecule has 1 heterocycles. The zero-order chi connectivity index (χ0) is 15.8. The molecule has 0 unspecified atom stereocenters. The van der Waals surface area contributed by atoms with Crippen molar-refractivity contribution in [3.8, 4) is 0 Å². The maximum Gasteiger partial charge on any atom is 0.263 e. The van der Waals surface area contributed by atoms with Gasteiger partial charge in [0.15, 0.2) is 5.15 Å². The van der Waals surface area contributed by atoms with Gasteiger partial charge >= 0.3 is 0 Å². The second-order valence-corrected chi connectivity index (χ2v) is 7.15. The van der Waals surface area contributed by atoms with Crippen LogP contribution in [0.5, 0.6) is 0 Å². The number of nitrogens with zero attached hydrogens (tertiary/aromatic N) is 1. The number of hydrogen-bond donors (Lipinski definition) is 1. The van der Waals surface area contributed by atoms with E-state index in [9.17, 15) is 8.42 Å². The van der Waals surface area contributed by atoms with E-state index >= 15 is 0 Å². The van der Waals surface area contributed by atoms with Crippen molar-refractivity contribution in [3.63, 3.8) is 0 Å². The quantitative estimate of drug-likeness (QED) is 0.817. The fourth-order valence-electron chi connectivity index (χ4n) is 1.79. The van der Waals surface area contributed by atoms with Gasteiger partial charge in [0.2, 0.25) is 0 Å². The van der Waals surface area contributed by atoms with Gasteiger partial charge in [-0.3, -0.25) is 4.72 Å². The summed E-state index contributed by atoms with van der Waals surface area (Å²) in [5.41, 5.74) is 1.12. The third-order valence-electron chi connectivity index (χ3n) is 2.86. The summed E-state index contributed by atoms with van der Waals surface area (Å²) >= 11 is 18.0. The van der Waals surface area contributed by atoms with Crippen LogP contribution < -0.4 is 4.72 Å². The van der Waals surface area contributed by atoms with Crippen LogP contribution in [-0.4, -0.2) is 13.4 Å². The predicted octanol–water partition coefficient (Wildman–Crippen LogP) is 4.46. The van der Waals surface area contributed by atoms with Crippen LogP contribution in [0.1, 0.15) is 11.1 Å². The highest BCUT2D eigenvalue weighted by Crippen LogP contribution is 2.34. The Morgan fingerprint density at radius 3 is 2.48 bits per heavy atom. The number of sulfonamides is 1. The van der Waals surface area contributed by atoms with Gasteiger partial charge in [0.05, 0.1) is 10.7 Å².